The molecule has 15 heteroatoms. The van der Waals surface area contributed by atoms with Crippen LogP contribution in [0.4, 0.5) is 28.9 Å². The summed E-state index contributed by atoms with van der Waals surface area (Å²) in [7, 11) is 1.44. The maximum atomic E-state index is 14.3. The third kappa shape index (κ3) is 8.48. The molecule has 0 saturated carbocycles. The number of hydrogen-bond acceptors (Lipinski definition) is 8. The minimum absolute atomic E-state index is 0.0232. The van der Waals surface area contributed by atoms with Gasteiger partial charge in [-0.2, -0.15) is 13.2 Å². The van der Waals surface area contributed by atoms with Crippen LogP contribution in [-0.2, 0) is 22.3 Å². The van der Waals surface area contributed by atoms with Gasteiger partial charge in [0.05, 0.1) is 60.6 Å². The molecule has 0 bridgehead atoms. The molecule has 208 valence electrons. The number of pyridine rings is 1. The fraction of sp³-hybridized carbons (Fsp3) is 0.292. The lowest BCUT2D eigenvalue weighted by atomic mass is 10.1. The molecule has 3 aromatic rings. The largest absolute Gasteiger partial charge is 0.467 e. The second-order valence-electron chi connectivity index (χ2n) is 8.07. The molecule has 2 aromatic heterocycles. The van der Waals surface area contributed by atoms with E-state index < -0.39 is 23.5 Å². The number of aromatic nitrogens is 3. The number of hydrogen-bond donors (Lipinski definition) is 3. The van der Waals surface area contributed by atoms with Gasteiger partial charge in [-0.05, 0) is 24.6 Å². The van der Waals surface area contributed by atoms with Gasteiger partial charge in [-0.3, -0.25) is 14.6 Å². The zero-order valence-corrected chi connectivity index (χ0v) is 21.1. The van der Waals surface area contributed by atoms with Crippen molar-refractivity contribution in [2.45, 2.75) is 19.1 Å². The van der Waals surface area contributed by atoms with E-state index in [0.29, 0.717) is 19.6 Å². The molecule has 0 aliphatic carbocycles. The van der Waals surface area contributed by atoms with E-state index in [9.17, 15) is 27.2 Å². The summed E-state index contributed by atoms with van der Waals surface area (Å²) >= 11 is 5.64. The molecular weight excluding hydrogens is 548 g/mol. The maximum absolute atomic E-state index is 14.3. The van der Waals surface area contributed by atoms with Crippen molar-refractivity contribution in [1.82, 2.24) is 20.3 Å². The molecule has 4 N–H and O–H groups in total. The summed E-state index contributed by atoms with van der Waals surface area (Å²) in [6.07, 6.45) is -0.207. The van der Waals surface area contributed by atoms with Crippen molar-refractivity contribution in [3.8, 4) is 6.01 Å². The monoisotopic (exact) mass is 570 g/mol. The van der Waals surface area contributed by atoms with Crippen molar-refractivity contribution >= 4 is 34.8 Å². The highest BCUT2D eigenvalue weighted by atomic mass is 35.5. The first kappa shape index (κ1) is 29.5. The lowest BCUT2D eigenvalue weighted by Crippen LogP contribution is -2.31. The van der Waals surface area contributed by atoms with Gasteiger partial charge in [0.1, 0.15) is 5.82 Å². The highest BCUT2D eigenvalue weighted by molar-refractivity contribution is 6.30. The number of nitrogens with zero attached hydrogens (tertiary/aromatic N) is 3. The van der Waals surface area contributed by atoms with Crippen molar-refractivity contribution < 1.29 is 36.6 Å². The first-order chi connectivity index (χ1) is 18.5. The smallest absolute Gasteiger partial charge is 0.418 e. The van der Waals surface area contributed by atoms with Gasteiger partial charge in [0.2, 0.25) is 5.91 Å². The highest BCUT2D eigenvalue weighted by Gasteiger charge is 2.34. The van der Waals surface area contributed by atoms with Crippen LogP contribution in [0.5, 0.6) is 6.01 Å². The van der Waals surface area contributed by atoms with Crippen molar-refractivity contribution in [3.63, 3.8) is 0 Å². The van der Waals surface area contributed by atoms with E-state index >= 15 is 0 Å². The quantitative estimate of drug-likeness (QED) is 0.364. The Labute approximate surface area is 224 Å². The van der Waals surface area contributed by atoms with E-state index in [-0.39, 0.29) is 52.0 Å². The zero-order chi connectivity index (χ0) is 28.6. The molecule has 1 atom stereocenters. The molecule has 3 heterocycles. The molecule has 1 aromatic carbocycles. The third-order valence-corrected chi connectivity index (χ3v) is 5.54. The van der Waals surface area contributed by atoms with Gasteiger partial charge in [-0.15, -0.1) is 0 Å². The van der Waals surface area contributed by atoms with E-state index in [1.807, 2.05) is 0 Å². The minimum Gasteiger partial charge on any atom is -0.467 e. The fourth-order valence-corrected chi connectivity index (χ4v) is 3.46. The molecular formula is C24H23ClF4N6O4. The Morgan fingerprint density at radius 1 is 1.18 bits per heavy atom. The first-order valence-corrected chi connectivity index (χ1v) is 11.6. The Kier molecular flexibility index (Phi) is 9.95. The van der Waals surface area contributed by atoms with Crippen LogP contribution in [0.3, 0.4) is 0 Å². The van der Waals surface area contributed by atoms with E-state index in [1.165, 1.54) is 31.8 Å². The van der Waals surface area contributed by atoms with Crippen LogP contribution >= 0.6 is 11.6 Å². The molecule has 1 aliphatic heterocycles. The SMILES string of the molecule is COc1ncc(C(N)=O)cn1.O=C(NCc1ncc(Nc2ccc(Cl)cc2C(F)(F)F)cc1F)C1CCOC1. The van der Waals surface area contributed by atoms with E-state index in [0.717, 1.165) is 18.2 Å². The molecule has 2 amide bonds. The summed E-state index contributed by atoms with van der Waals surface area (Å²) in [6.45, 7) is 0.707. The second-order valence-corrected chi connectivity index (χ2v) is 8.50. The number of rotatable bonds is 7. The fourth-order valence-electron chi connectivity index (χ4n) is 3.29. The standard InChI is InChI=1S/C18H16ClF4N3O2.C6H7N3O2/c19-11-1-2-15(13(5-11)18(21,22)23)26-12-6-14(20)16(24-7-12)8-25-17(27)10-3-4-28-9-10;1-11-6-8-2-4(3-9-6)5(7)10/h1-2,5-7,10,26H,3-4,8-9H2,(H,25,27);2-3H,1H3,(H2,7,10). The Bertz CT molecular complexity index is 1300. The van der Waals surface area contributed by atoms with Crippen LogP contribution in [0.1, 0.15) is 28.0 Å². The molecule has 1 aliphatic rings. The van der Waals surface area contributed by atoms with Crippen molar-refractivity contribution in [1.29, 1.82) is 0 Å². The number of anilines is 2. The Morgan fingerprint density at radius 3 is 2.46 bits per heavy atom. The molecule has 4 rings (SSSR count). The number of nitrogens with one attached hydrogen (secondary N) is 2. The summed E-state index contributed by atoms with van der Waals surface area (Å²) in [4.78, 5) is 33.7. The number of halogens is 5. The van der Waals surface area contributed by atoms with Gasteiger partial charge in [0, 0.05) is 30.1 Å². The number of carbonyl (C=O) groups excluding carboxylic acids is 2. The number of carbonyl (C=O) groups is 2. The molecule has 0 radical (unpaired) electrons. The van der Waals surface area contributed by atoms with Crippen molar-refractivity contribution in [3.05, 3.63) is 70.5 Å². The number of amides is 2. The normalized spacial score (nSPS) is 14.7. The lowest BCUT2D eigenvalue weighted by molar-refractivity contribution is -0.137. The third-order valence-electron chi connectivity index (χ3n) is 5.31. The lowest BCUT2D eigenvalue weighted by Gasteiger charge is -2.15. The Hall–Kier alpha value is -4.04. The van der Waals surface area contributed by atoms with Crippen molar-refractivity contribution in [2.24, 2.45) is 11.7 Å². The molecule has 10 nitrogen and oxygen atoms in total. The van der Waals surface area contributed by atoms with E-state index in [1.54, 1.807) is 0 Å². The summed E-state index contributed by atoms with van der Waals surface area (Å²) in [5.74, 6) is -1.82. The van der Waals surface area contributed by atoms with Gasteiger partial charge in [0.15, 0.2) is 0 Å². The maximum Gasteiger partial charge on any atom is 0.418 e. The molecule has 39 heavy (non-hydrogen) atoms. The van der Waals surface area contributed by atoms with Gasteiger partial charge < -0.3 is 25.8 Å². The van der Waals surface area contributed by atoms with Gasteiger partial charge in [-0.1, -0.05) is 11.6 Å². The van der Waals surface area contributed by atoms with Crippen LogP contribution in [0.2, 0.25) is 5.02 Å². The Balaban J connectivity index is 0.000000320. The van der Waals surface area contributed by atoms with Gasteiger partial charge >= 0.3 is 12.2 Å². The number of benzene rings is 1. The predicted octanol–water partition coefficient (Wildman–Crippen LogP) is 3.87. The number of methoxy groups -OCH3 is 1. The van der Waals surface area contributed by atoms with Crippen LogP contribution in [0.15, 0.2) is 42.9 Å². The number of nitrogens with two attached hydrogens (primary N) is 1. The van der Waals surface area contributed by atoms with E-state index in [4.69, 9.17) is 22.1 Å². The zero-order valence-electron chi connectivity index (χ0n) is 20.4. The molecule has 1 fully saturated rings. The average Bonchev–Trinajstić information content (AvgIpc) is 3.44. The summed E-state index contributed by atoms with van der Waals surface area (Å²) in [6, 6.07) is 4.46. The minimum atomic E-state index is -4.63. The van der Waals surface area contributed by atoms with Crippen LogP contribution in [0, 0.1) is 11.7 Å². The van der Waals surface area contributed by atoms with Crippen LogP contribution in [0.25, 0.3) is 0 Å². The Morgan fingerprint density at radius 2 is 1.90 bits per heavy atom. The topological polar surface area (TPSA) is 141 Å². The first-order valence-electron chi connectivity index (χ1n) is 11.3. The van der Waals surface area contributed by atoms with Crippen molar-refractivity contribution in [2.75, 3.05) is 25.6 Å². The molecule has 0 spiro atoms. The predicted molar refractivity (Wildman–Crippen MR) is 132 cm³/mol. The number of alkyl halides is 3. The molecule has 1 unspecified atom stereocenters. The van der Waals surface area contributed by atoms with E-state index in [2.05, 4.69) is 30.3 Å². The van der Waals surface area contributed by atoms with Gasteiger partial charge in [-0.25, -0.2) is 14.4 Å². The van der Waals surface area contributed by atoms with Crippen LogP contribution in [-0.4, -0.2) is 47.1 Å². The summed E-state index contributed by atoms with van der Waals surface area (Å²) in [5, 5.41) is 5.01. The number of primary amides is 1. The second kappa shape index (κ2) is 13.2. The summed E-state index contributed by atoms with van der Waals surface area (Å²) in [5.41, 5.74) is 3.97. The van der Waals surface area contributed by atoms with Crippen LogP contribution < -0.4 is 21.1 Å². The highest BCUT2D eigenvalue weighted by Crippen LogP contribution is 2.37. The summed E-state index contributed by atoms with van der Waals surface area (Å²) < 4.78 is 63.5. The molecule has 1 saturated heterocycles. The average molecular weight is 571 g/mol. The van der Waals surface area contributed by atoms with Gasteiger partial charge in [0.25, 0.3) is 5.91 Å². The number of ether oxygens (including phenoxy) is 2.